The lowest BCUT2D eigenvalue weighted by Gasteiger charge is -2.53. The summed E-state index contributed by atoms with van der Waals surface area (Å²) in [5, 5.41) is 3.62. The van der Waals surface area contributed by atoms with E-state index < -0.39 is 0 Å². The highest BCUT2D eigenvalue weighted by molar-refractivity contribution is 5.86. The van der Waals surface area contributed by atoms with Crippen LogP contribution >= 0.6 is 37.2 Å². The Hall–Kier alpha value is -2.34. The van der Waals surface area contributed by atoms with Gasteiger partial charge in [-0.25, -0.2) is 4.98 Å². The van der Waals surface area contributed by atoms with Crippen LogP contribution in [0.2, 0.25) is 0 Å². The molecule has 1 aliphatic heterocycles. The SMILES string of the molecule is Cc1[nH]c(-c2ccccc2)nc1C(C(C)C)(C(c1ccc(C(C)(C)C)cc1)c1ccc(C(C)(C)C)cc1)N1CCNCC1.Cl.Cl.Cl. The first kappa shape index (κ1) is 39.8. The van der Waals surface area contributed by atoms with Crippen molar-refractivity contribution in [3.05, 3.63) is 113 Å². The van der Waals surface area contributed by atoms with Crippen LogP contribution in [0.15, 0.2) is 78.9 Å². The van der Waals surface area contributed by atoms with Crippen molar-refractivity contribution in [2.45, 2.75) is 84.6 Å². The number of H-pyrrole nitrogens is 1. The Morgan fingerprint density at radius 3 is 1.54 bits per heavy atom. The average Bonchev–Trinajstić information content (AvgIpc) is 3.37. The molecule has 1 aromatic heterocycles. The molecule has 46 heavy (non-hydrogen) atoms. The second-order valence-corrected chi connectivity index (χ2v) is 14.8. The monoisotopic (exact) mass is 684 g/mol. The molecule has 1 aliphatic rings. The van der Waals surface area contributed by atoms with Crippen molar-refractivity contribution in [2.75, 3.05) is 26.2 Å². The topological polar surface area (TPSA) is 44.0 Å². The van der Waals surface area contributed by atoms with Gasteiger partial charge in [-0.05, 0) is 45.9 Å². The number of benzene rings is 3. The van der Waals surface area contributed by atoms with Gasteiger partial charge in [-0.15, -0.1) is 37.2 Å². The molecule has 1 saturated heterocycles. The zero-order valence-corrected chi connectivity index (χ0v) is 31.6. The third-order valence-corrected chi connectivity index (χ3v) is 9.49. The zero-order valence-electron chi connectivity index (χ0n) is 29.1. The maximum Gasteiger partial charge on any atom is 0.137 e. The molecule has 1 atom stereocenters. The average molecular weight is 686 g/mol. The summed E-state index contributed by atoms with van der Waals surface area (Å²) in [4.78, 5) is 12.0. The van der Waals surface area contributed by atoms with E-state index in [1.54, 1.807) is 0 Å². The van der Waals surface area contributed by atoms with E-state index in [4.69, 9.17) is 4.98 Å². The van der Waals surface area contributed by atoms with Crippen LogP contribution in [0.4, 0.5) is 0 Å². The molecule has 3 aromatic carbocycles. The maximum atomic E-state index is 5.52. The predicted octanol–water partition coefficient (Wildman–Crippen LogP) is 9.83. The Kier molecular flexibility index (Phi) is 13.6. The van der Waals surface area contributed by atoms with E-state index in [9.17, 15) is 0 Å². The molecule has 2 N–H and O–H groups in total. The quantitative estimate of drug-likeness (QED) is 0.204. The normalized spacial score (nSPS) is 15.5. The summed E-state index contributed by atoms with van der Waals surface area (Å²) in [5.41, 5.74) is 8.65. The lowest BCUT2D eigenvalue weighted by atomic mass is 9.65. The molecule has 4 nitrogen and oxygen atoms in total. The molecule has 2 heterocycles. The molecular weight excluding hydrogens is 631 g/mol. The number of hydrogen-bond donors (Lipinski definition) is 2. The van der Waals surface area contributed by atoms with Crippen molar-refractivity contribution < 1.29 is 0 Å². The minimum atomic E-state index is -0.373. The first-order chi connectivity index (χ1) is 20.3. The van der Waals surface area contributed by atoms with E-state index >= 15 is 0 Å². The third kappa shape index (κ3) is 7.85. The van der Waals surface area contributed by atoms with Gasteiger partial charge in [0.15, 0.2) is 0 Å². The van der Waals surface area contributed by atoms with E-state index in [0.717, 1.165) is 49.0 Å². The Balaban J connectivity index is 0.00000245. The van der Waals surface area contributed by atoms with Gasteiger partial charge in [0.25, 0.3) is 0 Å². The maximum absolute atomic E-state index is 5.52. The summed E-state index contributed by atoms with van der Waals surface area (Å²) in [6, 6.07) is 29.5. The van der Waals surface area contributed by atoms with E-state index in [1.165, 1.54) is 22.3 Å². The van der Waals surface area contributed by atoms with Gasteiger partial charge in [0.2, 0.25) is 0 Å². The smallest absolute Gasteiger partial charge is 0.137 e. The molecule has 0 radical (unpaired) electrons. The lowest BCUT2D eigenvalue weighted by molar-refractivity contribution is 0.0108. The van der Waals surface area contributed by atoms with Crippen molar-refractivity contribution in [2.24, 2.45) is 5.92 Å². The molecule has 7 heteroatoms. The molecule has 0 spiro atoms. The molecular formula is C39H55Cl3N4. The Morgan fingerprint density at radius 2 is 1.13 bits per heavy atom. The van der Waals surface area contributed by atoms with Gasteiger partial charge in [0, 0.05) is 43.4 Å². The highest BCUT2D eigenvalue weighted by atomic mass is 35.5. The molecule has 0 bridgehead atoms. The van der Waals surface area contributed by atoms with E-state index in [1.807, 2.05) is 0 Å². The number of nitrogens with zero attached hydrogens (tertiary/aromatic N) is 2. The Morgan fingerprint density at radius 1 is 0.674 bits per heavy atom. The van der Waals surface area contributed by atoms with Crippen molar-refractivity contribution in [1.82, 2.24) is 20.2 Å². The van der Waals surface area contributed by atoms with Crippen molar-refractivity contribution >= 4 is 37.2 Å². The van der Waals surface area contributed by atoms with Crippen LogP contribution in [0.1, 0.15) is 94.9 Å². The summed E-state index contributed by atoms with van der Waals surface area (Å²) in [7, 11) is 0. The first-order valence-corrected chi connectivity index (χ1v) is 16.1. The van der Waals surface area contributed by atoms with Crippen LogP contribution in [0, 0.1) is 12.8 Å². The first-order valence-electron chi connectivity index (χ1n) is 16.1. The molecule has 0 amide bonds. The summed E-state index contributed by atoms with van der Waals surface area (Å²) in [6.07, 6.45) is 0. The van der Waals surface area contributed by atoms with Gasteiger partial charge in [-0.3, -0.25) is 4.90 Å². The molecule has 0 aliphatic carbocycles. The van der Waals surface area contributed by atoms with Gasteiger partial charge < -0.3 is 10.3 Å². The van der Waals surface area contributed by atoms with Crippen molar-refractivity contribution in [1.29, 1.82) is 0 Å². The van der Waals surface area contributed by atoms with E-state index in [0.29, 0.717) is 0 Å². The number of aromatic nitrogens is 2. The van der Waals surface area contributed by atoms with Crippen LogP contribution in [0.25, 0.3) is 11.4 Å². The largest absolute Gasteiger partial charge is 0.342 e. The minimum Gasteiger partial charge on any atom is -0.342 e. The summed E-state index contributed by atoms with van der Waals surface area (Å²) in [5.74, 6) is 1.31. The van der Waals surface area contributed by atoms with Crippen LogP contribution in [-0.2, 0) is 16.4 Å². The summed E-state index contributed by atoms with van der Waals surface area (Å²) in [6.45, 7) is 24.7. The standard InChI is InChI=1S/C39H52N4.3ClH/c1-27(2)39(43-25-23-40-24-26-43,35-28(3)41-36(42-35)31-13-11-10-12-14-31)34(29-15-19-32(20-16-29)37(4,5)6)30-17-21-33(22-18-30)38(7,8)9;;;/h10-22,27,34,40H,23-26H2,1-9H3,(H,41,42);3*1H. The van der Waals surface area contributed by atoms with Crippen molar-refractivity contribution in [3.63, 3.8) is 0 Å². The number of imidazole rings is 1. The van der Waals surface area contributed by atoms with Gasteiger partial charge >= 0.3 is 0 Å². The molecule has 1 unspecified atom stereocenters. The van der Waals surface area contributed by atoms with Crippen LogP contribution in [-0.4, -0.2) is 41.0 Å². The van der Waals surface area contributed by atoms with Gasteiger partial charge in [-0.1, -0.05) is 134 Å². The highest BCUT2D eigenvalue weighted by Crippen LogP contribution is 2.52. The van der Waals surface area contributed by atoms with Crippen LogP contribution in [0.3, 0.4) is 0 Å². The molecule has 5 rings (SSSR count). The second kappa shape index (κ2) is 15.7. The minimum absolute atomic E-state index is 0. The zero-order chi connectivity index (χ0) is 31.0. The van der Waals surface area contributed by atoms with Crippen LogP contribution < -0.4 is 5.32 Å². The Bertz CT molecular complexity index is 1440. The fourth-order valence-corrected chi connectivity index (χ4v) is 7.11. The number of aromatic amines is 1. The van der Waals surface area contributed by atoms with E-state index in [-0.39, 0.29) is 65.4 Å². The van der Waals surface area contributed by atoms with Gasteiger partial charge in [-0.2, -0.15) is 0 Å². The fraction of sp³-hybridized carbons (Fsp3) is 0.462. The lowest BCUT2D eigenvalue weighted by Crippen LogP contribution is -2.60. The Labute approximate surface area is 296 Å². The van der Waals surface area contributed by atoms with Crippen molar-refractivity contribution in [3.8, 4) is 11.4 Å². The number of nitrogens with one attached hydrogen (secondary N) is 2. The number of hydrogen-bond acceptors (Lipinski definition) is 3. The van der Waals surface area contributed by atoms with Crippen LogP contribution in [0.5, 0.6) is 0 Å². The third-order valence-electron chi connectivity index (χ3n) is 9.49. The van der Waals surface area contributed by atoms with Gasteiger partial charge in [0.1, 0.15) is 5.82 Å². The molecule has 0 saturated carbocycles. The number of halogens is 3. The fourth-order valence-electron chi connectivity index (χ4n) is 7.11. The number of piperazine rings is 1. The van der Waals surface area contributed by atoms with E-state index in [2.05, 4.69) is 156 Å². The summed E-state index contributed by atoms with van der Waals surface area (Å²) >= 11 is 0. The molecule has 4 aromatic rings. The predicted molar refractivity (Wildman–Crippen MR) is 204 cm³/mol. The molecule has 1 fully saturated rings. The number of rotatable bonds is 7. The number of aryl methyl sites for hydroxylation is 1. The highest BCUT2D eigenvalue weighted by Gasteiger charge is 2.52. The van der Waals surface area contributed by atoms with Gasteiger partial charge in [0.05, 0.1) is 11.2 Å². The molecule has 252 valence electrons. The second-order valence-electron chi connectivity index (χ2n) is 14.8. The summed E-state index contributed by atoms with van der Waals surface area (Å²) < 4.78 is 0.